The van der Waals surface area contributed by atoms with Gasteiger partial charge in [0.25, 0.3) is 5.91 Å². The maximum Gasteiger partial charge on any atom is 0.257 e. The number of hydrogen-bond acceptors (Lipinski definition) is 3. The summed E-state index contributed by atoms with van der Waals surface area (Å²) in [6.07, 6.45) is 1.99. The molecule has 3 aromatic carbocycles. The van der Waals surface area contributed by atoms with E-state index in [1.807, 2.05) is 86.8 Å². The van der Waals surface area contributed by atoms with Gasteiger partial charge >= 0.3 is 0 Å². The Morgan fingerprint density at radius 3 is 2.31 bits per heavy atom. The van der Waals surface area contributed by atoms with Crippen LogP contribution >= 0.6 is 0 Å². The summed E-state index contributed by atoms with van der Waals surface area (Å²) in [4.78, 5) is 30.2. The number of rotatable bonds is 11. The van der Waals surface area contributed by atoms with Crippen LogP contribution in [0.1, 0.15) is 41.0 Å². The molecule has 0 bridgehead atoms. The van der Waals surface area contributed by atoms with E-state index in [4.69, 9.17) is 4.74 Å². The molecule has 6 nitrogen and oxygen atoms in total. The van der Waals surface area contributed by atoms with Crippen LogP contribution in [0.25, 0.3) is 0 Å². The van der Waals surface area contributed by atoms with Crippen LogP contribution < -0.4 is 4.74 Å². The fourth-order valence-electron chi connectivity index (χ4n) is 4.47. The highest BCUT2D eigenvalue weighted by molar-refractivity contribution is 5.97. The van der Waals surface area contributed by atoms with Crippen molar-refractivity contribution in [2.45, 2.75) is 39.5 Å². The molecule has 0 atom stereocenters. The molecule has 1 heterocycles. The van der Waals surface area contributed by atoms with Crippen molar-refractivity contribution in [3.05, 3.63) is 125 Å². The van der Waals surface area contributed by atoms with E-state index in [0.717, 1.165) is 22.6 Å². The third-order valence-corrected chi connectivity index (χ3v) is 6.63. The second kappa shape index (κ2) is 12.9. The van der Waals surface area contributed by atoms with E-state index < -0.39 is 11.7 Å². The number of benzene rings is 3. The van der Waals surface area contributed by atoms with E-state index in [-0.39, 0.29) is 24.1 Å². The number of methoxy groups -OCH3 is 1. The molecule has 0 aliphatic rings. The zero-order valence-electron chi connectivity index (χ0n) is 22.6. The van der Waals surface area contributed by atoms with Crippen LogP contribution in [-0.4, -0.2) is 45.9 Å². The second-order valence-electron chi connectivity index (χ2n) is 9.72. The third-order valence-electron chi connectivity index (χ3n) is 6.63. The van der Waals surface area contributed by atoms with Gasteiger partial charge in [-0.1, -0.05) is 54.6 Å². The minimum absolute atomic E-state index is 0.0409. The molecule has 0 saturated carbocycles. The molecule has 4 rings (SSSR count). The van der Waals surface area contributed by atoms with Gasteiger partial charge in [-0.2, -0.15) is 0 Å². The zero-order valence-corrected chi connectivity index (χ0v) is 22.6. The lowest BCUT2D eigenvalue weighted by Crippen LogP contribution is -2.45. The number of ether oxygens (including phenoxy) is 1. The van der Waals surface area contributed by atoms with Gasteiger partial charge in [-0.25, -0.2) is 4.39 Å². The predicted molar refractivity (Wildman–Crippen MR) is 150 cm³/mol. The molecule has 0 saturated heterocycles. The van der Waals surface area contributed by atoms with Gasteiger partial charge in [0.05, 0.1) is 19.2 Å². The predicted octanol–water partition coefficient (Wildman–Crippen LogP) is 5.76. The van der Waals surface area contributed by atoms with Crippen LogP contribution in [0.5, 0.6) is 5.75 Å². The highest BCUT2D eigenvalue weighted by Gasteiger charge is 2.26. The summed E-state index contributed by atoms with van der Waals surface area (Å²) < 4.78 is 21.9. The number of carbonyl (C=O) groups is 2. The van der Waals surface area contributed by atoms with E-state index in [1.165, 1.54) is 17.0 Å². The summed E-state index contributed by atoms with van der Waals surface area (Å²) >= 11 is 0. The molecule has 4 aromatic rings. The van der Waals surface area contributed by atoms with Crippen molar-refractivity contribution in [2.24, 2.45) is 0 Å². The lowest BCUT2D eigenvalue weighted by atomic mass is 10.1. The standard InChI is InChI=1S/C32H34FN3O3/c1-24(2)36(32(38)29-16-7-8-17-30(29)33)23-31(37)35(20-25-11-5-4-6-12-25)22-27-14-10-18-34(27)21-26-13-9-15-28(19-26)39-3/h4-19,24H,20-23H2,1-3H3. The smallest absolute Gasteiger partial charge is 0.257 e. The Morgan fingerprint density at radius 2 is 1.59 bits per heavy atom. The first-order chi connectivity index (χ1) is 18.9. The van der Waals surface area contributed by atoms with Gasteiger partial charge in [0.2, 0.25) is 5.91 Å². The Bertz CT molecular complexity index is 1400. The fourth-order valence-corrected chi connectivity index (χ4v) is 4.47. The molecule has 0 spiro atoms. The summed E-state index contributed by atoms with van der Waals surface area (Å²) in [5, 5.41) is 0. The Morgan fingerprint density at radius 1 is 0.872 bits per heavy atom. The van der Waals surface area contributed by atoms with Crippen molar-refractivity contribution in [3.8, 4) is 5.75 Å². The maximum absolute atomic E-state index is 14.4. The van der Waals surface area contributed by atoms with Crippen molar-refractivity contribution in [2.75, 3.05) is 13.7 Å². The van der Waals surface area contributed by atoms with Crippen LogP contribution in [-0.2, 0) is 24.4 Å². The summed E-state index contributed by atoms with van der Waals surface area (Å²) in [6.45, 7) is 4.85. The first kappa shape index (κ1) is 27.6. The number of hydrogen-bond donors (Lipinski definition) is 0. The SMILES string of the molecule is COc1cccc(Cn2cccc2CN(Cc2ccccc2)C(=O)CN(C(=O)c2ccccc2F)C(C)C)c1. The van der Waals surface area contributed by atoms with E-state index in [2.05, 4.69) is 4.57 Å². The molecular weight excluding hydrogens is 493 g/mol. The highest BCUT2D eigenvalue weighted by atomic mass is 19.1. The minimum Gasteiger partial charge on any atom is -0.497 e. The van der Waals surface area contributed by atoms with E-state index >= 15 is 0 Å². The van der Waals surface area contributed by atoms with Crippen LogP contribution in [0.4, 0.5) is 4.39 Å². The average molecular weight is 528 g/mol. The van der Waals surface area contributed by atoms with Crippen LogP contribution in [0.3, 0.4) is 0 Å². The van der Waals surface area contributed by atoms with Gasteiger partial charge in [0, 0.05) is 31.0 Å². The van der Waals surface area contributed by atoms with Gasteiger partial charge in [0.1, 0.15) is 18.1 Å². The molecule has 1 aromatic heterocycles. The summed E-state index contributed by atoms with van der Waals surface area (Å²) in [7, 11) is 1.64. The molecule has 2 amide bonds. The van der Waals surface area contributed by atoms with E-state index in [9.17, 15) is 14.0 Å². The molecule has 0 N–H and O–H groups in total. The molecular formula is C32H34FN3O3. The topological polar surface area (TPSA) is 54.8 Å². The summed E-state index contributed by atoms with van der Waals surface area (Å²) in [5.74, 6) is -0.531. The van der Waals surface area contributed by atoms with Crippen molar-refractivity contribution in [1.82, 2.24) is 14.4 Å². The quantitative estimate of drug-likeness (QED) is 0.249. The zero-order chi connectivity index (χ0) is 27.8. The van der Waals surface area contributed by atoms with Crippen molar-refractivity contribution in [3.63, 3.8) is 0 Å². The monoisotopic (exact) mass is 527 g/mol. The Balaban J connectivity index is 1.58. The lowest BCUT2D eigenvalue weighted by Gasteiger charge is -2.30. The minimum atomic E-state index is -0.600. The number of carbonyl (C=O) groups excluding carboxylic acids is 2. The largest absolute Gasteiger partial charge is 0.497 e. The van der Waals surface area contributed by atoms with Gasteiger partial charge in [-0.3, -0.25) is 9.59 Å². The average Bonchev–Trinajstić information content (AvgIpc) is 3.37. The second-order valence-corrected chi connectivity index (χ2v) is 9.72. The highest BCUT2D eigenvalue weighted by Crippen LogP contribution is 2.18. The van der Waals surface area contributed by atoms with Gasteiger partial charge in [0.15, 0.2) is 0 Å². The summed E-state index contributed by atoms with van der Waals surface area (Å²) in [6, 6.07) is 27.2. The molecule has 39 heavy (non-hydrogen) atoms. The number of nitrogens with zero attached hydrogens (tertiary/aromatic N) is 3. The van der Waals surface area contributed by atoms with Gasteiger partial charge < -0.3 is 19.1 Å². The first-order valence-corrected chi connectivity index (χ1v) is 13.0. The van der Waals surface area contributed by atoms with E-state index in [0.29, 0.717) is 19.6 Å². The lowest BCUT2D eigenvalue weighted by molar-refractivity contribution is -0.133. The van der Waals surface area contributed by atoms with Gasteiger partial charge in [-0.15, -0.1) is 0 Å². The molecule has 0 aliphatic heterocycles. The number of halogens is 1. The molecule has 0 radical (unpaired) electrons. The van der Waals surface area contributed by atoms with Crippen LogP contribution in [0, 0.1) is 5.82 Å². The van der Waals surface area contributed by atoms with Crippen molar-refractivity contribution >= 4 is 11.8 Å². The van der Waals surface area contributed by atoms with E-state index in [1.54, 1.807) is 24.1 Å². The Labute approximate surface area is 229 Å². The van der Waals surface area contributed by atoms with Crippen molar-refractivity contribution in [1.29, 1.82) is 0 Å². The number of amides is 2. The molecule has 0 aliphatic carbocycles. The van der Waals surface area contributed by atoms with Crippen molar-refractivity contribution < 1.29 is 18.7 Å². The normalized spacial score (nSPS) is 10.9. The third kappa shape index (κ3) is 7.13. The molecule has 202 valence electrons. The van der Waals surface area contributed by atoms with Crippen LogP contribution in [0.15, 0.2) is 97.2 Å². The summed E-state index contributed by atoms with van der Waals surface area (Å²) in [5.41, 5.74) is 2.97. The van der Waals surface area contributed by atoms with Crippen LogP contribution in [0.2, 0.25) is 0 Å². The fraction of sp³-hybridized carbons (Fsp3) is 0.250. The molecule has 7 heteroatoms. The Kier molecular flexibility index (Phi) is 9.15. The molecule has 0 unspecified atom stereocenters. The first-order valence-electron chi connectivity index (χ1n) is 13.0. The number of aromatic nitrogens is 1. The van der Waals surface area contributed by atoms with Gasteiger partial charge in [-0.05, 0) is 61.4 Å². The molecule has 0 fully saturated rings. The maximum atomic E-state index is 14.4. The Hall–Kier alpha value is -4.39.